The first-order valence-corrected chi connectivity index (χ1v) is 11.5. The van der Waals surface area contributed by atoms with Gasteiger partial charge in [-0.25, -0.2) is 9.59 Å². The second-order valence-electron chi connectivity index (χ2n) is 8.37. The van der Waals surface area contributed by atoms with Crippen molar-refractivity contribution in [3.8, 4) is 17.2 Å². The molecule has 1 aliphatic heterocycles. The van der Waals surface area contributed by atoms with Crippen molar-refractivity contribution in [3.05, 3.63) is 53.6 Å². The molecule has 2 aromatic rings. The van der Waals surface area contributed by atoms with E-state index < -0.39 is 11.9 Å². The third-order valence-electron chi connectivity index (χ3n) is 5.89. The van der Waals surface area contributed by atoms with Crippen LogP contribution in [0.2, 0.25) is 0 Å². The molecule has 1 heterocycles. The predicted molar refractivity (Wildman–Crippen MR) is 132 cm³/mol. The fourth-order valence-electron chi connectivity index (χ4n) is 4.07. The fourth-order valence-corrected chi connectivity index (χ4v) is 4.07. The highest BCUT2D eigenvalue weighted by Gasteiger charge is 2.27. The maximum Gasteiger partial charge on any atom is 0.414 e. The molecule has 1 saturated heterocycles. The van der Waals surface area contributed by atoms with Crippen LogP contribution in [0.4, 0.5) is 0 Å². The van der Waals surface area contributed by atoms with Crippen LogP contribution < -0.4 is 14.2 Å². The first kappa shape index (κ1) is 28.4. The van der Waals surface area contributed by atoms with Crippen LogP contribution in [-0.4, -0.2) is 79.3 Å². The molecular weight excluding hydrogens is 468 g/mol. The van der Waals surface area contributed by atoms with Gasteiger partial charge in [-0.15, -0.1) is 0 Å². The number of carbonyl (C=O) groups excluding carboxylic acids is 1. The van der Waals surface area contributed by atoms with E-state index >= 15 is 0 Å². The summed E-state index contributed by atoms with van der Waals surface area (Å²) in [5.41, 5.74) is 2.27. The van der Waals surface area contributed by atoms with Gasteiger partial charge in [0.2, 0.25) is 11.7 Å². The molecule has 0 radical (unpaired) electrons. The van der Waals surface area contributed by atoms with Gasteiger partial charge >= 0.3 is 11.9 Å². The summed E-state index contributed by atoms with van der Waals surface area (Å²) in [6.45, 7) is 3.24. The third-order valence-corrected chi connectivity index (χ3v) is 5.89. The van der Waals surface area contributed by atoms with Crippen molar-refractivity contribution in [1.82, 2.24) is 9.80 Å². The number of carboxylic acid groups (broad SMARTS) is 2. The van der Waals surface area contributed by atoms with E-state index in [0.717, 1.165) is 43.6 Å². The molecule has 2 aromatic carbocycles. The summed E-state index contributed by atoms with van der Waals surface area (Å²) in [5.74, 6) is -1.38. The van der Waals surface area contributed by atoms with Crippen molar-refractivity contribution in [3.63, 3.8) is 0 Å². The Morgan fingerprint density at radius 1 is 0.889 bits per heavy atom. The maximum atomic E-state index is 12.9. The lowest BCUT2D eigenvalue weighted by atomic mass is 9.95. The zero-order chi connectivity index (χ0) is 26.7. The number of aliphatic carboxylic acids is 2. The molecule has 196 valence electrons. The Balaban J connectivity index is 0.000000678. The van der Waals surface area contributed by atoms with Gasteiger partial charge in [0.1, 0.15) is 0 Å². The fraction of sp³-hybridized carbons (Fsp3) is 0.423. The van der Waals surface area contributed by atoms with Crippen LogP contribution in [0.25, 0.3) is 0 Å². The van der Waals surface area contributed by atoms with Crippen molar-refractivity contribution in [1.29, 1.82) is 0 Å². The SMILES string of the molecule is COc1cc(CN2CCC(C(=O)N(C)Cc3ccccc3)CC2)cc(OC)c1OC.O=C(O)C(=O)O. The number of hydrogen-bond acceptors (Lipinski definition) is 7. The van der Waals surface area contributed by atoms with Crippen LogP contribution in [0, 0.1) is 5.92 Å². The molecule has 10 nitrogen and oxygen atoms in total. The quantitative estimate of drug-likeness (QED) is 0.524. The second kappa shape index (κ2) is 13.9. The van der Waals surface area contributed by atoms with Gasteiger partial charge in [-0.05, 0) is 49.2 Å². The van der Waals surface area contributed by atoms with Crippen LogP contribution in [0.1, 0.15) is 24.0 Å². The number of hydrogen-bond donors (Lipinski definition) is 2. The number of carbonyl (C=O) groups is 3. The number of nitrogens with zero attached hydrogens (tertiary/aromatic N) is 2. The van der Waals surface area contributed by atoms with E-state index in [1.807, 2.05) is 42.3 Å². The van der Waals surface area contributed by atoms with Gasteiger partial charge in [0.15, 0.2) is 11.5 Å². The molecule has 0 aliphatic carbocycles. The molecule has 0 bridgehead atoms. The van der Waals surface area contributed by atoms with E-state index in [1.54, 1.807) is 21.3 Å². The Bertz CT molecular complexity index is 983. The number of carboxylic acids is 2. The molecule has 3 rings (SSSR count). The molecule has 1 amide bonds. The van der Waals surface area contributed by atoms with Gasteiger partial charge in [-0.2, -0.15) is 0 Å². The molecule has 0 aromatic heterocycles. The van der Waals surface area contributed by atoms with Crippen molar-refractivity contribution >= 4 is 17.8 Å². The highest BCUT2D eigenvalue weighted by atomic mass is 16.5. The first-order chi connectivity index (χ1) is 17.2. The van der Waals surface area contributed by atoms with E-state index in [2.05, 4.69) is 17.0 Å². The number of benzene rings is 2. The maximum absolute atomic E-state index is 12.9. The predicted octanol–water partition coefficient (Wildman–Crippen LogP) is 2.74. The third kappa shape index (κ3) is 8.16. The number of rotatable bonds is 8. The minimum atomic E-state index is -1.82. The lowest BCUT2D eigenvalue weighted by Gasteiger charge is -2.33. The molecule has 0 spiro atoms. The molecule has 36 heavy (non-hydrogen) atoms. The number of piperidine rings is 1. The van der Waals surface area contributed by atoms with Crippen LogP contribution in [-0.2, 0) is 27.5 Å². The van der Waals surface area contributed by atoms with E-state index in [-0.39, 0.29) is 11.8 Å². The zero-order valence-corrected chi connectivity index (χ0v) is 21.1. The minimum absolute atomic E-state index is 0.0925. The molecule has 0 unspecified atom stereocenters. The summed E-state index contributed by atoms with van der Waals surface area (Å²) < 4.78 is 16.3. The van der Waals surface area contributed by atoms with Crippen molar-refractivity contribution in [2.24, 2.45) is 5.92 Å². The Morgan fingerprint density at radius 3 is 1.86 bits per heavy atom. The number of likely N-dealkylation sites (tertiary alicyclic amines) is 1. The highest BCUT2D eigenvalue weighted by molar-refractivity contribution is 6.27. The molecule has 1 aliphatic rings. The number of methoxy groups -OCH3 is 3. The molecule has 1 fully saturated rings. The number of ether oxygens (including phenoxy) is 3. The lowest BCUT2D eigenvalue weighted by molar-refractivity contribution is -0.159. The zero-order valence-electron chi connectivity index (χ0n) is 21.1. The van der Waals surface area contributed by atoms with Gasteiger partial charge in [-0.3, -0.25) is 9.69 Å². The summed E-state index contributed by atoms with van der Waals surface area (Å²) in [6.07, 6.45) is 1.75. The van der Waals surface area contributed by atoms with Crippen LogP contribution in [0.15, 0.2) is 42.5 Å². The molecule has 0 atom stereocenters. The number of amides is 1. The van der Waals surface area contributed by atoms with Gasteiger partial charge < -0.3 is 29.3 Å². The smallest absolute Gasteiger partial charge is 0.414 e. The summed E-state index contributed by atoms with van der Waals surface area (Å²) in [6, 6.07) is 14.1. The second-order valence-corrected chi connectivity index (χ2v) is 8.37. The monoisotopic (exact) mass is 502 g/mol. The largest absolute Gasteiger partial charge is 0.493 e. The van der Waals surface area contributed by atoms with E-state index in [1.165, 1.54) is 0 Å². The molecule has 0 saturated carbocycles. The van der Waals surface area contributed by atoms with Gasteiger partial charge in [0.25, 0.3) is 0 Å². The summed E-state index contributed by atoms with van der Waals surface area (Å²) in [4.78, 5) is 35.3. The van der Waals surface area contributed by atoms with Crippen molar-refractivity contribution in [2.75, 3.05) is 41.5 Å². The average Bonchev–Trinajstić information content (AvgIpc) is 2.88. The van der Waals surface area contributed by atoms with E-state index in [4.69, 9.17) is 34.0 Å². The topological polar surface area (TPSA) is 126 Å². The Labute approximate surface area is 211 Å². The van der Waals surface area contributed by atoms with Crippen LogP contribution in [0.3, 0.4) is 0 Å². The van der Waals surface area contributed by atoms with Gasteiger partial charge in [-0.1, -0.05) is 30.3 Å². The Hall–Kier alpha value is -3.79. The lowest BCUT2D eigenvalue weighted by Crippen LogP contribution is -2.40. The van der Waals surface area contributed by atoms with Gasteiger partial charge in [0.05, 0.1) is 21.3 Å². The highest BCUT2D eigenvalue weighted by Crippen LogP contribution is 2.38. The Kier molecular flexibility index (Phi) is 11.0. The van der Waals surface area contributed by atoms with Crippen molar-refractivity contribution in [2.45, 2.75) is 25.9 Å². The standard InChI is InChI=1S/C24H32N2O4.C2H2O4/c1-25(16-18-8-6-5-7-9-18)24(27)20-10-12-26(13-11-20)17-19-14-21(28-2)23(30-4)22(15-19)29-3;3-1(4)2(5)6/h5-9,14-15,20H,10-13,16-17H2,1-4H3;(H,3,4)(H,5,6). The average molecular weight is 503 g/mol. The Morgan fingerprint density at radius 2 is 1.42 bits per heavy atom. The summed E-state index contributed by atoms with van der Waals surface area (Å²) in [7, 11) is 6.77. The van der Waals surface area contributed by atoms with E-state index in [0.29, 0.717) is 23.8 Å². The summed E-state index contributed by atoms with van der Waals surface area (Å²) in [5, 5.41) is 14.8. The van der Waals surface area contributed by atoms with Crippen LogP contribution >= 0.6 is 0 Å². The molecular formula is C26H34N2O8. The van der Waals surface area contributed by atoms with Crippen molar-refractivity contribution < 1.29 is 38.8 Å². The normalized spacial score (nSPS) is 13.7. The molecule has 10 heteroatoms. The van der Waals surface area contributed by atoms with Gasteiger partial charge in [0, 0.05) is 26.1 Å². The minimum Gasteiger partial charge on any atom is -0.493 e. The summed E-state index contributed by atoms with van der Waals surface area (Å²) >= 11 is 0. The van der Waals surface area contributed by atoms with Crippen LogP contribution in [0.5, 0.6) is 17.2 Å². The first-order valence-electron chi connectivity index (χ1n) is 11.5. The van der Waals surface area contributed by atoms with E-state index in [9.17, 15) is 4.79 Å². The molecule has 2 N–H and O–H groups in total.